The van der Waals surface area contributed by atoms with Crippen LogP contribution in [-0.4, -0.2) is 4.98 Å². The van der Waals surface area contributed by atoms with Gasteiger partial charge in [0.05, 0.1) is 10.2 Å². The summed E-state index contributed by atoms with van der Waals surface area (Å²) in [6.07, 6.45) is 0. The molecular formula is C13H10N2OS. The lowest BCUT2D eigenvalue weighted by Crippen LogP contribution is -2.03. The first-order valence-electron chi connectivity index (χ1n) is 5.25. The maximum absolute atomic E-state index is 5.42. The van der Waals surface area contributed by atoms with Crippen LogP contribution in [-0.2, 0) is 0 Å². The molecule has 3 rings (SSSR count). The minimum atomic E-state index is 0.759. The van der Waals surface area contributed by atoms with Crippen LogP contribution in [0.2, 0.25) is 0 Å². The SMILES string of the molecule is c1ccc(ONc2nc3ccccc3s2)cc1. The molecule has 1 heterocycles. The van der Waals surface area contributed by atoms with E-state index < -0.39 is 0 Å². The van der Waals surface area contributed by atoms with Gasteiger partial charge in [-0.3, -0.25) is 0 Å². The Morgan fingerprint density at radius 1 is 0.941 bits per heavy atom. The summed E-state index contributed by atoms with van der Waals surface area (Å²) in [5.74, 6) is 0.770. The highest BCUT2D eigenvalue weighted by atomic mass is 32.1. The number of para-hydroxylation sites is 2. The number of hydrogen-bond donors (Lipinski definition) is 1. The van der Waals surface area contributed by atoms with E-state index in [1.165, 1.54) is 0 Å². The molecule has 0 aliphatic heterocycles. The normalized spacial score (nSPS) is 10.4. The smallest absolute Gasteiger partial charge is 0.217 e. The molecule has 2 aromatic carbocycles. The van der Waals surface area contributed by atoms with Crippen LogP contribution in [0.15, 0.2) is 54.6 Å². The van der Waals surface area contributed by atoms with Gasteiger partial charge < -0.3 is 4.84 Å². The summed E-state index contributed by atoms with van der Waals surface area (Å²) >= 11 is 1.57. The van der Waals surface area contributed by atoms with Crippen LogP contribution in [0.4, 0.5) is 5.13 Å². The van der Waals surface area contributed by atoms with Crippen LogP contribution in [0.25, 0.3) is 10.2 Å². The lowest BCUT2D eigenvalue weighted by Gasteiger charge is -2.03. The van der Waals surface area contributed by atoms with Crippen LogP contribution in [0.1, 0.15) is 0 Å². The van der Waals surface area contributed by atoms with E-state index in [0.717, 1.165) is 21.1 Å². The first-order valence-corrected chi connectivity index (χ1v) is 6.07. The van der Waals surface area contributed by atoms with Crippen molar-refractivity contribution in [3.05, 3.63) is 54.6 Å². The molecule has 0 unspecified atom stereocenters. The predicted octanol–water partition coefficient (Wildman–Crippen LogP) is 3.70. The molecule has 0 spiro atoms. The third-order valence-corrected chi connectivity index (χ3v) is 3.23. The van der Waals surface area contributed by atoms with E-state index in [1.807, 2.05) is 54.6 Å². The van der Waals surface area contributed by atoms with Crippen molar-refractivity contribution in [1.82, 2.24) is 4.98 Å². The molecule has 4 heteroatoms. The summed E-state index contributed by atoms with van der Waals surface area (Å²) in [7, 11) is 0. The molecule has 1 N–H and O–H groups in total. The number of thiazole rings is 1. The van der Waals surface area contributed by atoms with Gasteiger partial charge in [-0.25, -0.2) is 4.98 Å². The quantitative estimate of drug-likeness (QED) is 0.711. The molecular weight excluding hydrogens is 232 g/mol. The molecule has 1 aromatic heterocycles. The predicted molar refractivity (Wildman–Crippen MR) is 70.3 cm³/mol. The standard InChI is InChI=1S/C13H10N2OS/c1-2-6-10(7-3-1)16-15-13-14-11-8-4-5-9-12(11)17-13/h1-9H,(H,14,15). The van der Waals surface area contributed by atoms with Crippen molar-refractivity contribution >= 4 is 26.7 Å². The van der Waals surface area contributed by atoms with E-state index >= 15 is 0 Å². The first kappa shape index (κ1) is 10.1. The Balaban J connectivity index is 1.77. The molecule has 84 valence electrons. The molecule has 0 aliphatic rings. The van der Waals surface area contributed by atoms with Crippen LogP contribution in [0.5, 0.6) is 5.75 Å². The Kier molecular flexibility index (Phi) is 2.63. The van der Waals surface area contributed by atoms with Crippen molar-refractivity contribution in [3.63, 3.8) is 0 Å². The van der Waals surface area contributed by atoms with Gasteiger partial charge in [-0.2, -0.15) is 5.48 Å². The number of nitrogens with one attached hydrogen (secondary N) is 1. The maximum atomic E-state index is 5.42. The molecule has 0 fully saturated rings. The molecule has 3 aromatic rings. The number of rotatable bonds is 3. The Hall–Kier alpha value is -2.07. The summed E-state index contributed by atoms with van der Waals surface area (Å²) in [6.45, 7) is 0. The van der Waals surface area contributed by atoms with E-state index in [-0.39, 0.29) is 0 Å². The van der Waals surface area contributed by atoms with Crippen LogP contribution in [0, 0.1) is 0 Å². The van der Waals surface area contributed by atoms with Crippen LogP contribution >= 0.6 is 11.3 Å². The molecule has 0 saturated carbocycles. The summed E-state index contributed by atoms with van der Waals surface area (Å²) in [5, 5.41) is 0.759. The lowest BCUT2D eigenvalue weighted by atomic mass is 10.3. The molecule has 3 nitrogen and oxygen atoms in total. The topological polar surface area (TPSA) is 34.1 Å². The van der Waals surface area contributed by atoms with Crippen molar-refractivity contribution in [1.29, 1.82) is 0 Å². The summed E-state index contributed by atoms with van der Waals surface area (Å²) < 4.78 is 1.15. The monoisotopic (exact) mass is 242 g/mol. The van der Waals surface area contributed by atoms with Gasteiger partial charge in [-0.15, -0.1) is 0 Å². The third-order valence-electron chi connectivity index (χ3n) is 2.29. The van der Waals surface area contributed by atoms with Crippen molar-refractivity contribution < 1.29 is 4.84 Å². The third kappa shape index (κ3) is 2.21. The summed E-state index contributed by atoms with van der Waals surface area (Å²) in [6, 6.07) is 17.6. The largest absolute Gasteiger partial charge is 0.380 e. The second-order valence-electron chi connectivity index (χ2n) is 3.50. The number of fused-ring (bicyclic) bond motifs is 1. The second-order valence-corrected chi connectivity index (χ2v) is 4.53. The zero-order valence-corrected chi connectivity index (χ0v) is 9.78. The number of aromatic nitrogens is 1. The minimum Gasteiger partial charge on any atom is -0.380 e. The van der Waals surface area contributed by atoms with E-state index in [2.05, 4.69) is 10.5 Å². The molecule has 0 bridgehead atoms. The second kappa shape index (κ2) is 4.43. The number of anilines is 1. The average Bonchev–Trinajstić information content (AvgIpc) is 2.80. The molecule has 0 amide bonds. The Morgan fingerprint density at radius 3 is 2.53 bits per heavy atom. The molecule has 0 saturated heterocycles. The van der Waals surface area contributed by atoms with Gasteiger partial charge in [-0.1, -0.05) is 41.7 Å². The highest BCUT2D eigenvalue weighted by Gasteiger charge is 2.02. The summed E-state index contributed by atoms with van der Waals surface area (Å²) in [5.41, 5.74) is 3.84. The van der Waals surface area contributed by atoms with Gasteiger partial charge in [0.1, 0.15) is 0 Å². The van der Waals surface area contributed by atoms with Crippen molar-refractivity contribution in [2.45, 2.75) is 0 Å². The summed E-state index contributed by atoms with van der Waals surface area (Å²) in [4.78, 5) is 9.83. The number of hydrogen-bond acceptors (Lipinski definition) is 4. The fourth-order valence-corrected chi connectivity index (χ4v) is 2.31. The van der Waals surface area contributed by atoms with Gasteiger partial charge >= 0.3 is 0 Å². The number of benzene rings is 2. The Labute approximate surface area is 103 Å². The van der Waals surface area contributed by atoms with Crippen molar-refractivity contribution in [2.24, 2.45) is 0 Å². The van der Waals surface area contributed by atoms with Crippen LogP contribution in [0.3, 0.4) is 0 Å². The fraction of sp³-hybridized carbons (Fsp3) is 0. The average molecular weight is 242 g/mol. The Bertz CT molecular complexity index is 588. The minimum absolute atomic E-state index is 0.759. The fourth-order valence-electron chi connectivity index (χ4n) is 1.51. The van der Waals surface area contributed by atoms with Crippen LogP contribution < -0.4 is 10.3 Å². The highest BCUT2D eigenvalue weighted by molar-refractivity contribution is 7.22. The van der Waals surface area contributed by atoms with Gasteiger partial charge in [0.25, 0.3) is 0 Å². The van der Waals surface area contributed by atoms with E-state index in [4.69, 9.17) is 4.84 Å². The van der Waals surface area contributed by atoms with Crippen molar-refractivity contribution in [2.75, 3.05) is 5.48 Å². The molecule has 0 radical (unpaired) electrons. The molecule has 0 atom stereocenters. The zero-order chi connectivity index (χ0) is 11.5. The molecule has 0 aliphatic carbocycles. The van der Waals surface area contributed by atoms with Crippen molar-refractivity contribution in [3.8, 4) is 5.75 Å². The molecule has 17 heavy (non-hydrogen) atoms. The highest BCUT2D eigenvalue weighted by Crippen LogP contribution is 2.25. The zero-order valence-electron chi connectivity index (χ0n) is 8.96. The van der Waals surface area contributed by atoms with E-state index in [0.29, 0.717) is 0 Å². The van der Waals surface area contributed by atoms with Gasteiger partial charge in [-0.05, 0) is 24.3 Å². The number of nitrogens with zero attached hydrogens (tertiary/aromatic N) is 1. The van der Waals surface area contributed by atoms with Gasteiger partial charge in [0.15, 0.2) is 5.75 Å². The van der Waals surface area contributed by atoms with E-state index in [1.54, 1.807) is 11.3 Å². The van der Waals surface area contributed by atoms with E-state index in [9.17, 15) is 0 Å². The Morgan fingerprint density at radius 2 is 1.71 bits per heavy atom. The lowest BCUT2D eigenvalue weighted by molar-refractivity contribution is 0.405. The van der Waals surface area contributed by atoms with Gasteiger partial charge in [0, 0.05) is 0 Å². The van der Waals surface area contributed by atoms with Gasteiger partial charge in [0.2, 0.25) is 5.13 Å². The first-order chi connectivity index (χ1) is 8.42. The maximum Gasteiger partial charge on any atom is 0.217 e.